The molecule has 1 saturated heterocycles. The molecule has 2 unspecified atom stereocenters. The molecule has 2 aliphatic carbocycles. The molecule has 15 heteroatoms. The Hall–Kier alpha value is -4.82. The molecule has 3 aliphatic rings. The van der Waals surface area contributed by atoms with Crippen LogP contribution in [-0.2, 0) is 15.1 Å². The first-order chi connectivity index (χ1) is 20.0. The number of hydrogen-bond acceptors (Lipinski definition) is 9. The summed E-state index contributed by atoms with van der Waals surface area (Å²) in [5.41, 5.74) is 0.0329. The van der Waals surface area contributed by atoms with Crippen LogP contribution in [0.15, 0.2) is 36.9 Å². The number of imidazole rings is 1. The van der Waals surface area contributed by atoms with Crippen molar-refractivity contribution in [3.63, 3.8) is 0 Å². The summed E-state index contributed by atoms with van der Waals surface area (Å²) >= 11 is 0. The van der Waals surface area contributed by atoms with Gasteiger partial charge in [0, 0.05) is 38.1 Å². The fraction of sp³-hybridized carbons (Fsp3) is 0.407. The molecule has 0 bridgehead atoms. The highest BCUT2D eigenvalue weighted by molar-refractivity contribution is 6.00. The number of carbonyl (C=O) groups is 4. The Labute approximate surface area is 238 Å². The largest absolute Gasteiger partial charge is 0.340 e. The molecule has 0 aromatic carbocycles. The van der Waals surface area contributed by atoms with E-state index in [9.17, 15) is 28.0 Å². The highest BCUT2D eigenvalue weighted by atomic mass is 19.3. The average Bonchev–Trinajstić information content (AvgIpc) is 3.68. The molecule has 2 atom stereocenters. The Kier molecular flexibility index (Phi) is 6.46. The lowest BCUT2D eigenvalue weighted by Gasteiger charge is -2.20. The monoisotopic (exact) mass is 579 g/mol. The average molecular weight is 580 g/mol. The summed E-state index contributed by atoms with van der Waals surface area (Å²) in [5, 5.41) is 5.25. The van der Waals surface area contributed by atoms with Gasteiger partial charge in [-0.25, -0.2) is 33.5 Å². The second-order valence-corrected chi connectivity index (χ2v) is 10.8. The van der Waals surface area contributed by atoms with Crippen LogP contribution >= 0.6 is 0 Å². The third kappa shape index (κ3) is 4.63. The lowest BCUT2D eigenvalue weighted by molar-refractivity contribution is -0.120. The van der Waals surface area contributed by atoms with Crippen LogP contribution in [0.1, 0.15) is 30.3 Å². The number of piperidine rings is 1. The van der Waals surface area contributed by atoms with Crippen LogP contribution in [0.2, 0.25) is 0 Å². The summed E-state index contributed by atoms with van der Waals surface area (Å²) < 4.78 is 28.5. The minimum atomic E-state index is -2.58. The molecule has 218 valence electrons. The number of aromatic nitrogens is 5. The number of hydrogen-bond donors (Lipinski definition) is 2. The molecule has 3 fully saturated rings. The summed E-state index contributed by atoms with van der Waals surface area (Å²) in [4.78, 5) is 69.3. The summed E-state index contributed by atoms with van der Waals surface area (Å²) in [6, 6.07) is 4.44. The summed E-state index contributed by atoms with van der Waals surface area (Å²) in [5.74, 6) is -3.78. The molecule has 6 rings (SSSR count). The first-order valence-corrected chi connectivity index (χ1v) is 13.3. The molecule has 1 aliphatic heterocycles. The molecule has 3 amide bonds. The Bertz CT molecular complexity index is 1570. The fourth-order valence-corrected chi connectivity index (χ4v) is 5.35. The molecular weight excluding hydrogens is 552 g/mol. The summed E-state index contributed by atoms with van der Waals surface area (Å²) in [7, 11) is 1.41. The number of amides is 3. The number of Topliss-reactive ketones (excluding diaryl/α,β-unsaturated/α-hetero) is 1. The van der Waals surface area contributed by atoms with Gasteiger partial charge in [-0.1, -0.05) is 6.07 Å². The molecule has 3 aromatic heterocycles. The first kappa shape index (κ1) is 27.4. The van der Waals surface area contributed by atoms with Gasteiger partial charge in [0.25, 0.3) is 11.8 Å². The number of alkyl halides is 2. The minimum absolute atomic E-state index is 0.0427. The lowest BCUT2D eigenvalue weighted by Crippen LogP contribution is -2.40. The summed E-state index contributed by atoms with van der Waals surface area (Å²) in [6.45, 7) is 1.62. The topological polar surface area (TPSA) is 155 Å². The highest BCUT2D eigenvalue weighted by Gasteiger charge is 2.72. The number of urea groups is 1. The number of fused-ring (bicyclic) bond motifs is 1. The van der Waals surface area contributed by atoms with Crippen LogP contribution in [-0.4, -0.2) is 81.1 Å². The number of carbonyl (C=O) groups excluding carboxylic acids is 4. The van der Waals surface area contributed by atoms with Gasteiger partial charge in [-0.05, 0) is 31.9 Å². The van der Waals surface area contributed by atoms with E-state index in [0.717, 1.165) is 4.90 Å². The van der Waals surface area contributed by atoms with Crippen molar-refractivity contribution in [3.05, 3.63) is 42.6 Å². The predicted octanol–water partition coefficient (Wildman–Crippen LogP) is 2.11. The lowest BCUT2D eigenvalue weighted by atomic mass is 10.2. The van der Waals surface area contributed by atoms with Gasteiger partial charge in [0.05, 0.1) is 30.4 Å². The van der Waals surface area contributed by atoms with Gasteiger partial charge in [0.2, 0.25) is 5.95 Å². The van der Waals surface area contributed by atoms with E-state index in [1.807, 2.05) is 0 Å². The smallest absolute Gasteiger partial charge is 0.323 e. The third-order valence-electron chi connectivity index (χ3n) is 8.02. The number of nitrogens with one attached hydrogen (secondary N) is 2. The van der Waals surface area contributed by atoms with Crippen LogP contribution in [0.4, 0.5) is 31.2 Å². The zero-order chi connectivity index (χ0) is 29.8. The van der Waals surface area contributed by atoms with Gasteiger partial charge < -0.3 is 20.1 Å². The maximum atomic E-state index is 13.5. The van der Waals surface area contributed by atoms with Gasteiger partial charge in [-0.3, -0.25) is 19.3 Å². The van der Waals surface area contributed by atoms with E-state index in [1.165, 1.54) is 24.9 Å². The van der Waals surface area contributed by atoms with Crippen LogP contribution in [0, 0.1) is 11.8 Å². The normalized spacial score (nSPS) is 20.8. The molecule has 0 radical (unpaired) electrons. The Morgan fingerprint density at radius 2 is 1.81 bits per heavy atom. The van der Waals surface area contributed by atoms with Gasteiger partial charge >= 0.3 is 6.03 Å². The number of ketones is 1. The molecule has 4 heterocycles. The van der Waals surface area contributed by atoms with E-state index in [1.54, 1.807) is 35.5 Å². The van der Waals surface area contributed by atoms with Crippen LogP contribution in [0.25, 0.3) is 11.3 Å². The fourth-order valence-electron chi connectivity index (χ4n) is 5.35. The first-order valence-electron chi connectivity index (χ1n) is 13.3. The molecule has 3 aromatic rings. The molecule has 13 nitrogen and oxygen atoms in total. The number of anilines is 3. The highest BCUT2D eigenvalue weighted by Crippen LogP contribution is 2.59. The van der Waals surface area contributed by atoms with Gasteiger partial charge in [0.15, 0.2) is 12.1 Å². The molecular formula is C27H27F2N9O4. The predicted molar refractivity (Wildman–Crippen MR) is 145 cm³/mol. The van der Waals surface area contributed by atoms with E-state index in [4.69, 9.17) is 0 Å². The third-order valence-corrected chi connectivity index (χ3v) is 8.02. The SMILES string of the molecule is CC(=O)CNC(=O)N(C)c1ncn(C2(C(=O)Nc3cccc(-c4cnc(N5CC6C(C5)C6(F)F)nc4)n3)CC2)c1C=O. The number of pyridine rings is 1. The summed E-state index contributed by atoms with van der Waals surface area (Å²) in [6.07, 6.45) is 5.88. The van der Waals surface area contributed by atoms with Crippen molar-refractivity contribution in [1.29, 1.82) is 0 Å². The Balaban J connectivity index is 1.15. The van der Waals surface area contributed by atoms with Crippen LogP contribution in [0.5, 0.6) is 0 Å². The number of aldehydes is 1. The molecule has 2 saturated carbocycles. The molecule has 2 N–H and O–H groups in total. The Morgan fingerprint density at radius 3 is 2.43 bits per heavy atom. The maximum absolute atomic E-state index is 13.5. The quantitative estimate of drug-likeness (QED) is 0.363. The van der Waals surface area contributed by atoms with Crippen molar-refractivity contribution in [3.8, 4) is 11.3 Å². The van der Waals surface area contributed by atoms with Crippen molar-refractivity contribution in [1.82, 2.24) is 29.8 Å². The zero-order valence-electron chi connectivity index (χ0n) is 22.8. The maximum Gasteiger partial charge on any atom is 0.323 e. The van der Waals surface area contributed by atoms with Gasteiger partial charge in [-0.2, -0.15) is 0 Å². The van der Waals surface area contributed by atoms with Crippen LogP contribution < -0.4 is 20.4 Å². The zero-order valence-corrected chi connectivity index (χ0v) is 22.8. The van der Waals surface area contributed by atoms with E-state index < -0.39 is 35.2 Å². The Morgan fingerprint density at radius 1 is 1.12 bits per heavy atom. The van der Waals surface area contributed by atoms with E-state index in [2.05, 4.69) is 30.6 Å². The van der Waals surface area contributed by atoms with Crippen molar-refractivity contribution in [2.75, 3.05) is 41.8 Å². The number of rotatable bonds is 9. The minimum Gasteiger partial charge on any atom is -0.340 e. The van der Waals surface area contributed by atoms with Crippen LogP contribution in [0.3, 0.4) is 0 Å². The second-order valence-electron chi connectivity index (χ2n) is 10.8. The van der Waals surface area contributed by atoms with Gasteiger partial charge in [0.1, 0.15) is 22.8 Å². The van der Waals surface area contributed by atoms with Crippen molar-refractivity contribution >= 4 is 41.6 Å². The van der Waals surface area contributed by atoms with Crippen molar-refractivity contribution in [2.45, 2.75) is 31.2 Å². The number of nitrogens with zero attached hydrogens (tertiary/aromatic N) is 7. The van der Waals surface area contributed by atoms with E-state index in [0.29, 0.717) is 36.3 Å². The van der Waals surface area contributed by atoms with Gasteiger partial charge in [-0.15, -0.1) is 0 Å². The second kappa shape index (κ2) is 9.92. The van der Waals surface area contributed by atoms with E-state index >= 15 is 0 Å². The number of halogens is 2. The molecule has 0 spiro atoms. The van der Waals surface area contributed by atoms with Crippen molar-refractivity contribution < 1.29 is 28.0 Å². The van der Waals surface area contributed by atoms with E-state index in [-0.39, 0.29) is 42.7 Å². The standard InChI is InChI=1S/C27H27F2N9O4/c1-15(40)8-32-25(42)36(2)22-20(13-39)38(14-33-22)26(6-7-26)23(41)35-21-5-3-4-19(34-21)16-9-30-24(31-10-16)37-11-17-18(12-37)27(17,28)29/h3-5,9-10,13-14,17-18H,6-8,11-12H2,1-2H3,(H,32,42)(H,34,35,41). The van der Waals surface area contributed by atoms with Crippen molar-refractivity contribution in [2.24, 2.45) is 11.8 Å². The molecule has 42 heavy (non-hydrogen) atoms.